The summed E-state index contributed by atoms with van der Waals surface area (Å²) in [5.74, 6) is -0.573. The van der Waals surface area contributed by atoms with Crippen molar-refractivity contribution in [2.24, 2.45) is 0 Å². The van der Waals surface area contributed by atoms with Crippen molar-refractivity contribution >= 4 is 45.6 Å². The summed E-state index contributed by atoms with van der Waals surface area (Å²) in [5.41, 5.74) is 1.43. The van der Waals surface area contributed by atoms with Crippen LogP contribution in [0.25, 0.3) is 22.1 Å². The van der Waals surface area contributed by atoms with Gasteiger partial charge in [0.1, 0.15) is 5.58 Å². The maximum atomic E-state index is 12.5. The number of thiocarbonyl (C=S) groups is 1. The van der Waals surface area contributed by atoms with Crippen molar-refractivity contribution < 1.29 is 18.9 Å². The minimum Gasteiger partial charge on any atom is -0.490 e. The van der Waals surface area contributed by atoms with Gasteiger partial charge in [-0.2, -0.15) is 0 Å². The van der Waals surface area contributed by atoms with Crippen LogP contribution in [0.3, 0.4) is 0 Å². The monoisotopic (exact) mass is 475 g/mol. The van der Waals surface area contributed by atoms with Crippen LogP contribution in [-0.2, 0) is 0 Å². The summed E-state index contributed by atoms with van der Waals surface area (Å²) in [5, 5.41) is 17.3. The lowest BCUT2D eigenvalue weighted by molar-refractivity contribution is -0.385. The summed E-state index contributed by atoms with van der Waals surface area (Å²) in [6.07, 6.45) is 0. The molecule has 1 aromatic heterocycles. The largest absolute Gasteiger partial charge is 0.490 e. The van der Waals surface area contributed by atoms with E-state index in [0.29, 0.717) is 22.4 Å². The molecule has 4 aromatic rings. The van der Waals surface area contributed by atoms with E-state index in [4.69, 9.17) is 21.4 Å². The van der Waals surface area contributed by atoms with Crippen molar-refractivity contribution in [3.05, 3.63) is 98.9 Å². The van der Waals surface area contributed by atoms with Gasteiger partial charge in [0.2, 0.25) is 0 Å². The number of benzene rings is 3. The minimum absolute atomic E-state index is 0.00133. The van der Waals surface area contributed by atoms with E-state index in [1.807, 2.05) is 12.1 Å². The van der Waals surface area contributed by atoms with E-state index in [-0.39, 0.29) is 22.1 Å². The van der Waals surface area contributed by atoms with Gasteiger partial charge in [-0.1, -0.05) is 30.3 Å². The molecule has 0 saturated carbocycles. The molecule has 1 amide bonds. The third kappa shape index (κ3) is 4.76. The number of nitrogens with zero attached hydrogens (tertiary/aromatic N) is 1. The number of anilines is 1. The SMILES string of the molecule is COc1ccc(C(=O)NC(=S)Nc2ccc(-c3cc4ccccc4oc3=O)cc2)cc1[N+](=O)[O-]. The van der Waals surface area contributed by atoms with Gasteiger partial charge in [0.25, 0.3) is 5.91 Å². The molecule has 0 radical (unpaired) electrons. The highest BCUT2D eigenvalue weighted by Gasteiger charge is 2.18. The quantitative estimate of drug-likeness (QED) is 0.187. The number of carbonyl (C=O) groups excluding carboxylic acids is 1. The van der Waals surface area contributed by atoms with Crippen molar-refractivity contribution in [1.82, 2.24) is 5.32 Å². The number of amides is 1. The second-order valence-corrected chi connectivity index (χ2v) is 7.52. The molecule has 2 N–H and O–H groups in total. The van der Waals surface area contributed by atoms with Crippen LogP contribution < -0.4 is 21.0 Å². The number of nitro groups is 1. The molecule has 0 fully saturated rings. The van der Waals surface area contributed by atoms with Gasteiger partial charge >= 0.3 is 11.3 Å². The first-order chi connectivity index (χ1) is 16.4. The van der Waals surface area contributed by atoms with Crippen LogP contribution in [-0.4, -0.2) is 23.1 Å². The van der Waals surface area contributed by atoms with E-state index in [2.05, 4.69) is 10.6 Å². The number of fused-ring (bicyclic) bond motifs is 1. The standard InChI is InChI=1S/C24H17N3O6S/c1-32-21-11-8-16(13-19(21)27(30)31)22(28)26-24(34)25-17-9-6-14(7-10-17)18-12-15-4-2-3-5-20(15)33-23(18)29/h2-13H,1H3,(H2,25,26,28,34). The zero-order valence-corrected chi connectivity index (χ0v) is 18.5. The van der Waals surface area contributed by atoms with Crippen LogP contribution in [0.1, 0.15) is 10.4 Å². The maximum absolute atomic E-state index is 12.5. The lowest BCUT2D eigenvalue weighted by atomic mass is 10.1. The third-order valence-corrected chi connectivity index (χ3v) is 5.16. The van der Waals surface area contributed by atoms with Crippen LogP contribution in [0.4, 0.5) is 11.4 Å². The average molecular weight is 475 g/mol. The van der Waals surface area contributed by atoms with E-state index < -0.39 is 16.5 Å². The normalized spacial score (nSPS) is 10.5. The van der Waals surface area contributed by atoms with Gasteiger partial charge < -0.3 is 14.5 Å². The number of carbonyl (C=O) groups is 1. The summed E-state index contributed by atoms with van der Waals surface area (Å²) in [6.45, 7) is 0. The van der Waals surface area contributed by atoms with Crippen LogP contribution in [0.5, 0.6) is 5.75 Å². The lowest BCUT2D eigenvalue weighted by Crippen LogP contribution is -2.34. The van der Waals surface area contributed by atoms with Crippen molar-refractivity contribution in [3.8, 4) is 16.9 Å². The Hall–Kier alpha value is -4.57. The van der Waals surface area contributed by atoms with Crippen LogP contribution >= 0.6 is 12.2 Å². The molecule has 0 bridgehead atoms. The Morgan fingerprint density at radius 1 is 1.06 bits per heavy atom. The first-order valence-corrected chi connectivity index (χ1v) is 10.3. The Balaban J connectivity index is 1.46. The average Bonchev–Trinajstić information content (AvgIpc) is 2.83. The van der Waals surface area contributed by atoms with Gasteiger partial charge in [0, 0.05) is 22.7 Å². The van der Waals surface area contributed by atoms with Gasteiger partial charge in [-0.15, -0.1) is 0 Å². The summed E-state index contributed by atoms with van der Waals surface area (Å²) in [4.78, 5) is 35.3. The predicted octanol–water partition coefficient (Wildman–Crippen LogP) is 4.50. The number of rotatable bonds is 5. The topological polar surface area (TPSA) is 124 Å². The number of para-hydroxylation sites is 1. The van der Waals surface area contributed by atoms with Gasteiger partial charge in [-0.25, -0.2) is 4.79 Å². The van der Waals surface area contributed by atoms with Crippen molar-refractivity contribution in [2.45, 2.75) is 0 Å². The molecule has 10 heteroatoms. The number of hydrogen-bond acceptors (Lipinski definition) is 7. The molecule has 0 spiro atoms. The molecule has 4 rings (SSSR count). The summed E-state index contributed by atoms with van der Waals surface area (Å²) in [6, 6.07) is 19.7. The highest BCUT2D eigenvalue weighted by molar-refractivity contribution is 7.80. The number of hydrogen-bond donors (Lipinski definition) is 2. The van der Waals surface area contributed by atoms with Crippen molar-refractivity contribution in [1.29, 1.82) is 0 Å². The Morgan fingerprint density at radius 3 is 2.50 bits per heavy atom. The molecule has 0 atom stereocenters. The highest BCUT2D eigenvalue weighted by atomic mass is 32.1. The number of ether oxygens (including phenoxy) is 1. The Morgan fingerprint density at radius 2 is 1.79 bits per heavy atom. The number of methoxy groups -OCH3 is 1. The van der Waals surface area contributed by atoms with E-state index in [9.17, 15) is 19.7 Å². The van der Waals surface area contributed by atoms with Gasteiger partial charge in [-0.05, 0) is 54.2 Å². The second kappa shape index (κ2) is 9.51. The van der Waals surface area contributed by atoms with E-state index >= 15 is 0 Å². The van der Waals surface area contributed by atoms with Gasteiger partial charge in [-0.3, -0.25) is 20.2 Å². The van der Waals surface area contributed by atoms with E-state index in [1.165, 1.54) is 19.2 Å². The zero-order chi connectivity index (χ0) is 24.2. The molecule has 3 aromatic carbocycles. The lowest BCUT2D eigenvalue weighted by Gasteiger charge is -2.11. The Kier molecular flexibility index (Phi) is 6.33. The molecular formula is C24H17N3O6S. The van der Waals surface area contributed by atoms with Gasteiger partial charge in [0.05, 0.1) is 17.6 Å². The fraction of sp³-hybridized carbons (Fsp3) is 0.0417. The predicted molar refractivity (Wildman–Crippen MR) is 131 cm³/mol. The number of nitro benzene ring substituents is 1. The molecule has 9 nitrogen and oxygen atoms in total. The maximum Gasteiger partial charge on any atom is 0.344 e. The van der Waals surface area contributed by atoms with Gasteiger partial charge in [0.15, 0.2) is 10.9 Å². The van der Waals surface area contributed by atoms with E-state index in [0.717, 1.165) is 11.5 Å². The first-order valence-electron chi connectivity index (χ1n) is 9.94. The Labute approximate surface area is 198 Å². The fourth-order valence-electron chi connectivity index (χ4n) is 3.31. The molecule has 1 heterocycles. The third-order valence-electron chi connectivity index (χ3n) is 4.96. The Bertz CT molecular complexity index is 1480. The smallest absolute Gasteiger partial charge is 0.344 e. The highest BCUT2D eigenvalue weighted by Crippen LogP contribution is 2.27. The molecular weight excluding hydrogens is 458 g/mol. The molecule has 34 heavy (non-hydrogen) atoms. The second-order valence-electron chi connectivity index (χ2n) is 7.11. The van der Waals surface area contributed by atoms with E-state index in [1.54, 1.807) is 42.5 Å². The zero-order valence-electron chi connectivity index (χ0n) is 17.7. The molecule has 0 aliphatic rings. The van der Waals surface area contributed by atoms with Crippen molar-refractivity contribution in [3.63, 3.8) is 0 Å². The first kappa shape index (κ1) is 22.6. The molecule has 0 aliphatic carbocycles. The summed E-state index contributed by atoms with van der Waals surface area (Å²) >= 11 is 5.18. The van der Waals surface area contributed by atoms with Crippen molar-refractivity contribution in [2.75, 3.05) is 12.4 Å². The molecule has 0 aliphatic heterocycles. The summed E-state index contributed by atoms with van der Waals surface area (Å²) < 4.78 is 10.3. The van der Waals surface area contributed by atoms with Crippen LogP contribution in [0.15, 0.2) is 82.0 Å². The van der Waals surface area contributed by atoms with Crippen LogP contribution in [0, 0.1) is 10.1 Å². The molecule has 0 saturated heterocycles. The fourth-order valence-corrected chi connectivity index (χ4v) is 3.52. The molecule has 170 valence electrons. The molecule has 0 unspecified atom stereocenters. The minimum atomic E-state index is -0.635. The number of nitrogens with one attached hydrogen (secondary N) is 2. The van der Waals surface area contributed by atoms with Crippen LogP contribution in [0.2, 0.25) is 0 Å². The summed E-state index contributed by atoms with van der Waals surface area (Å²) in [7, 11) is 1.30.